The third kappa shape index (κ3) is 2.63. The fourth-order valence-electron chi connectivity index (χ4n) is 2.22. The molecule has 0 aliphatic heterocycles. The average Bonchev–Trinajstić information content (AvgIpc) is 2.31. The summed E-state index contributed by atoms with van der Waals surface area (Å²) in [5.74, 6) is 0. The third-order valence-electron chi connectivity index (χ3n) is 3.16. The zero-order valence-electron chi connectivity index (χ0n) is 10.1. The van der Waals surface area contributed by atoms with Crippen molar-refractivity contribution in [3.63, 3.8) is 0 Å². The Morgan fingerprint density at radius 3 is 2.50 bits per heavy atom. The lowest BCUT2D eigenvalue weighted by Crippen LogP contribution is -2.18. The Bertz CT molecular complexity index is 393. The molecule has 1 aromatic carbocycles. The van der Waals surface area contributed by atoms with Gasteiger partial charge in [0.25, 0.3) is 0 Å². The molecule has 1 aliphatic rings. The third-order valence-corrected chi connectivity index (χ3v) is 3.16. The van der Waals surface area contributed by atoms with Gasteiger partial charge in [-0.05, 0) is 35.8 Å². The summed E-state index contributed by atoms with van der Waals surface area (Å²) in [6.45, 7) is 4.64. The summed E-state index contributed by atoms with van der Waals surface area (Å²) in [6.07, 6.45) is 11.1. The molecule has 16 heavy (non-hydrogen) atoms. The minimum absolute atomic E-state index is 0.228. The van der Waals surface area contributed by atoms with Crippen LogP contribution in [0, 0.1) is 11.8 Å². The van der Waals surface area contributed by atoms with Gasteiger partial charge < -0.3 is 0 Å². The second kappa shape index (κ2) is 4.69. The minimum Gasteiger partial charge on any atom is -0.0802 e. The number of hydrogen-bond acceptors (Lipinski definition) is 0. The van der Waals surface area contributed by atoms with E-state index >= 15 is 0 Å². The molecule has 0 spiro atoms. The number of allylic oxidation sites excluding steroid dienone is 4. The summed E-state index contributed by atoms with van der Waals surface area (Å²) < 4.78 is 0. The van der Waals surface area contributed by atoms with Crippen molar-refractivity contribution in [2.24, 2.45) is 5.41 Å². The summed E-state index contributed by atoms with van der Waals surface area (Å²) in [5.41, 5.74) is 3.10. The predicted octanol–water partition coefficient (Wildman–Crippen LogP) is 4.35. The van der Waals surface area contributed by atoms with Gasteiger partial charge in [-0.25, -0.2) is 0 Å². The van der Waals surface area contributed by atoms with Gasteiger partial charge in [0.1, 0.15) is 0 Å². The van der Waals surface area contributed by atoms with Crippen LogP contribution in [0.15, 0.2) is 54.1 Å². The van der Waals surface area contributed by atoms with Crippen molar-refractivity contribution >= 4 is 0 Å². The van der Waals surface area contributed by atoms with Gasteiger partial charge in [0.15, 0.2) is 0 Å². The quantitative estimate of drug-likeness (QED) is 0.697. The first-order valence-electron chi connectivity index (χ1n) is 5.93. The smallest absolute Gasteiger partial charge is 0.00665 e. The molecule has 2 rings (SSSR count). The first-order valence-corrected chi connectivity index (χ1v) is 5.93. The first-order chi connectivity index (χ1) is 7.68. The van der Waals surface area contributed by atoms with Crippen molar-refractivity contribution in [2.45, 2.75) is 26.7 Å². The molecule has 1 radical (unpaired) electrons. The second-order valence-corrected chi connectivity index (χ2v) is 5.04. The monoisotopic (exact) mass is 211 g/mol. The zero-order valence-corrected chi connectivity index (χ0v) is 10.1. The SMILES string of the molecule is CC(C)(Cc1ccccc1)C1=CC[CH]C=C1. The summed E-state index contributed by atoms with van der Waals surface area (Å²) >= 11 is 0. The summed E-state index contributed by atoms with van der Waals surface area (Å²) in [7, 11) is 0. The van der Waals surface area contributed by atoms with Gasteiger partial charge in [-0.2, -0.15) is 0 Å². The van der Waals surface area contributed by atoms with E-state index in [9.17, 15) is 0 Å². The van der Waals surface area contributed by atoms with Gasteiger partial charge in [-0.3, -0.25) is 0 Å². The molecule has 0 heterocycles. The maximum absolute atomic E-state index is 2.34. The molecule has 0 saturated heterocycles. The van der Waals surface area contributed by atoms with Crippen LogP contribution in [0.3, 0.4) is 0 Å². The van der Waals surface area contributed by atoms with Gasteiger partial charge in [0, 0.05) is 0 Å². The Hall–Kier alpha value is -1.30. The van der Waals surface area contributed by atoms with Crippen molar-refractivity contribution < 1.29 is 0 Å². The molecule has 0 fully saturated rings. The van der Waals surface area contributed by atoms with Crippen LogP contribution in [0.5, 0.6) is 0 Å². The van der Waals surface area contributed by atoms with Gasteiger partial charge in [0.2, 0.25) is 0 Å². The van der Waals surface area contributed by atoms with Crippen molar-refractivity contribution in [2.75, 3.05) is 0 Å². The van der Waals surface area contributed by atoms with Gasteiger partial charge in [0.05, 0.1) is 0 Å². The molecule has 0 bridgehead atoms. The van der Waals surface area contributed by atoms with Crippen molar-refractivity contribution in [3.8, 4) is 0 Å². The van der Waals surface area contributed by atoms with Crippen LogP contribution in [0.1, 0.15) is 25.8 Å². The molecular weight excluding hydrogens is 192 g/mol. The summed E-state index contributed by atoms with van der Waals surface area (Å²) in [4.78, 5) is 0. The van der Waals surface area contributed by atoms with Crippen molar-refractivity contribution in [3.05, 3.63) is 66.1 Å². The Morgan fingerprint density at radius 1 is 1.12 bits per heavy atom. The van der Waals surface area contributed by atoms with Crippen LogP contribution in [-0.4, -0.2) is 0 Å². The Morgan fingerprint density at radius 2 is 1.88 bits per heavy atom. The molecule has 0 heteroatoms. The molecular formula is C16H19. The van der Waals surface area contributed by atoms with Gasteiger partial charge in [-0.1, -0.05) is 62.4 Å². The highest BCUT2D eigenvalue weighted by molar-refractivity contribution is 5.33. The van der Waals surface area contributed by atoms with E-state index in [2.05, 4.69) is 68.8 Å². The molecule has 1 aromatic rings. The fourth-order valence-corrected chi connectivity index (χ4v) is 2.22. The Labute approximate surface area is 98.7 Å². The molecule has 0 saturated carbocycles. The highest BCUT2D eigenvalue weighted by Gasteiger charge is 2.22. The molecule has 0 aromatic heterocycles. The van der Waals surface area contributed by atoms with Crippen LogP contribution in [0.4, 0.5) is 0 Å². The standard InChI is InChI=1S/C16H19/c1-16(2,15-11-7-4-8-12-15)13-14-9-5-3-6-10-14/h3-7,9-12H,8,13H2,1-2H3. The van der Waals surface area contributed by atoms with E-state index in [4.69, 9.17) is 0 Å². The van der Waals surface area contributed by atoms with E-state index in [-0.39, 0.29) is 5.41 Å². The normalized spacial score (nSPS) is 16.0. The van der Waals surface area contributed by atoms with Gasteiger partial charge >= 0.3 is 0 Å². The van der Waals surface area contributed by atoms with E-state index in [1.807, 2.05) is 0 Å². The molecule has 0 atom stereocenters. The second-order valence-electron chi connectivity index (χ2n) is 5.04. The predicted molar refractivity (Wildman–Crippen MR) is 70.1 cm³/mol. The maximum Gasteiger partial charge on any atom is -0.00665 e. The number of hydrogen-bond donors (Lipinski definition) is 0. The van der Waals surface area contributed by atoms with Crippen LogP contribution < -0.4 is 0 Å². The van der Waals surface area contributed by atoms with E-state index in [1.165, 1.54) is 11.1 Å². The molecule has 83 valence electrons. The van der Waals surface area contributed by atoms with E-state index in [0.29, 0.717) is 0 Å². The average molecular weight is 211 g/mol. The minimum atomic E-state index is 0.228. The van der Waals surface area contributed by atoms with E-state index < -0.39 is 0 Å². The number of benzene rings is 1. The molecule has 0 nitrogen and oxygen atoms in total. The van der Waals surface area contributed by atoms with Crippen LogP contribution in [-0.2, 0) is 6.42 Å². The van der Waals surface area contributed by atoms with Crippen LogP contribution in [0.25, 0.3) is 0 Å². The fraction of sp³-hybridized carbons (Fsp3) is 0.312. The van der Waals surface area contributed by atoms with Crippen LogP contribution >= 0.6 is 0 Å². The van der Waals surface area contributed by atoms with Gasteiger partial charge in [-0.15, -0.1) is 0 Å². The topological polar surface area (TPSA) is 0 Å². The maximum atomic E-state index is 2.34. The van der Waals surface area contributed by atoms with Crippen molar-refractivity contribution in [1.82, 2.24) is 0 Å². The molecule has 1 aliphatic carbocycles. The summed E-state index contributed by atoms with van der Waals surface area (Å²) in [5, 5.41) is 0. The highest BCUT2D eigenvalue weighted by atomic mass is 14.3. The van der Waals surface area contributed by atoms with E-state index in [1.54, 1.807) is 0 Å². The molecule has 0 unspecified atom stereocenters. The highest BCUT2D eigenvalue weighted by Crippen LogP contribution is 2.33. The molecule has 0 N–H and O–H groups in total. The first kappa shape index (κ1) is 11.2. The lowest BCUT2D eigenvalue weighted by molar-refractivity contribution is 0.452. The molecule has 0 amide bonds. The van der Waals surface area contributed by atoms with Crippen LogP contribution in [0.2, 0.25) is 0 Å². The summed E-state index contributed by atoms with van der Waals surface area (Å²) in [6, 6.07) is 10.7. The Kier molecular flexibility index (Phi) is 3.28. The Balaban J connectivity index is 2.14. The largest absolute Gasteiger partial charge is 0.0802 e. The van der Waals surface area contributed by atoms with Crippen molar-refractivity contribution in [1.29, 1.82) is 0 Å². The number of rotatable bonds is 3. The van der Waals surface area contributed by atoms with E-state index in [0.717, 1.165) is 12.8 Å². The zero-order chi connectivity index (χ0) is 11.4. The lowest BCUT2D eigenvalue weighted by atomic mass is 9.77. The lowest BCUT2D eigenvalue weighted by Gasteiger charge is -2.28.